The number of amides is 1. The van der Waals surface area contributed by atoms with Crippen molar-refractivity contribution >= 4 is 18.3 Å². The highest BCUT2D eigenvalue weighted by Gasteiger charge is 2.32. The Morgan fingerprint density at radius 1 is 1.12 bits per heavy atom. The molecule has 3 atom stereocenters. The second-order valence-electron chi connectivity index (χ2n) is 7.21. The summed E-state index contributed by atoms with van der Waals surface area (Å²) in [6.45, 7) is 4.88. The predicted molar refractivity (Wildman–Crippen MR) is 96.8 cm³/mol. The van der Waals surface area contributed by atoms with Gasteiger partial charge in [-0.1, -0.05) is 18.2 Å². The van der Waals surface area contributed by atoms with Gasteiger partial charge in [-0.05, 0) is 61.7 Å². The van der Waals surface area contributed by atoms with Gasteiger partial charge in [0, 0.05) is 19.5 Å². The lowest BCUT2D eigenvalue weighted by Crippen LogP contribution is -2.34. The number of benzene rings is 1. The Labute approximate surface area is 150 Å². The minimum Gasteiger partial charge on any atom is -0.493 e. The number of para-hydroxylation sites is 1. The summed E-state index contributed by atoms with van der Waals surface area (Å²) >= 11 is 0. The van der Waals surface area contributed by atoms with E-state index in [4.69, 9.17) is 4.74 Å². The van der Waals surface area contributed by atoms with Crippen LogP contribution in [0.1, 0.15) is 37.2 Å². The van der Waals surface area contributed by atoms with Gasteiger partial charge in [0.05, 0.1) is 6.61 Å². The summed E-state index contributed by atoms with van der Waals surface area (Å²) < 4.78 is 5.72. The lowest BCUT2D eigenvalue weighted by atomic mass is 9.90. The van der Waals surface area contributed by atoms with Gasteiger partial charge in [0.2, 0.25) is 5.91 Å². The van der Waals surface area contributed by atoms with Crippen LogP contribution in [0.3, 0.4) is 0 Å². The molecule has 0 aliphatic carbocycles. The molecule has 132 valence electrons. The zero-order chi connectivity index (χ0) is 15.6. The van der Waals surface area contributed by atoms with E-state index in [9.17, 15) is 4.79 Å². The lowest BCUT2D eigenvalue weighted by molar-refractivity contribution is -0.131. The normalized spacial score (nSPS) is 28.8. The number of carbonyl (C=O) groups is 1. The van der Waals surface area contributed by atoms with Crippen molar-refractivity contribution in [3.8, 4) is 5.75 Å². The summed E-state index contributed by atoms with van der Waals surface area (Å²) in [7, 11) is 0. The minimum absolute atomic E-state index is 0. The molecule has 3 aliphatic heterocycles. The summed E-state index contributed by atoms with van der Waals surface area (Å²) in [5.41, 5.74) is 1.21. The third-order valence-corrected chi connectivity index (χ3v) is 5.88. The standard InChI is InChI=1S/C19H26N2O2.ClH/c22-19(21-8-5-15-12-20-13-16(15)6-9-21)11-14-7-10-23-18-4-2-1-3-17(14)18;/h1-4,14-16,20H,5-13H2;1H/t14?,15-,16+;. The van der Waals surface area contributed by atoms with E-state index in [0.717, 1.165) is 69.6 Å². The van der Waals surface area contributed by atoms with Crippen molar-refractivity contribution in [1.82, 2.24) is 10.2 Å². The molecule has 3 heterocycles. The molecule has 0 radical (unpaired) electrons. The Bertz CT molecular complexity index is 566. The van der Waals surface area contributed by atoms with Crippen molar-refractivity contribution in [2.24, 2.45) is 11.8 Å². The summed E-state index contributed by atoms with van der Waals surface area (Å²) in [6.07, 6.45) is 3.90. The van der Waals surface area contributed by atoms with Crippen LogP contribution in [0, 0.1) is 11.8 Å². The molecule has 3 aliphatic rings. The zero-order valence-corrected chi connectivity index (χ0v) is 14.9. The van der Waals surface area contributed by atoms with Crippen LogP contribution in [0.25, 0.3) is 0 Å². The lowest BCUT2D eigenvalue weighted by Gasteiger charge is -2.28. The number of nitrogens with one attached hydrogen (secondary N) is 1. The van der Waals surface area contributed by atoms with Gasteiger partial charge in [0.15, 0.2) is 0 Å². The molecule has 1 aromatic carbocycles. The molecule has 1 amide bonds. The Kier molecular flexibility index (Phi) is 5.67. The van der Waals surface area contributed by atoms with Crippen LogP contribution in [0.2, 0.25) is 0 Å². The number of rotatable bonds is 2. The Balaban J connectivity index is 0.00000169. The molecule has 5 heteroatoms. The van der Waals surface area contributed by atoms with Crippen LogP contribution in [-0.2, 0) is 4.79 Å². The Hall–Kier alpha value is -1.26. The van der Waals surface area contributed by atoms with Crippen LogP contribution >= 0.6 is 12.4 Å². The first-order valence-corrected chi connectivity index (χ1v) is 9.01. The summed E-state index contributed by atoms with van der Waals surface area (Å²) in [5, 5.41) is 3.50. The first kappa shape index (κ1) is 17.6. The van der Waals surface area contributed by atoms with Gasteiger partial charge in [0.25, 0.3) is 0 Å². The highest BCUT2D eigenvalue weighted by Crippen LogP contribution is 2.36. The van der Waals surface area contributed by atoms with Crippen LogP contribution < -0.4 is 10.1 Å². The SMILES string of the molecule is Cl.O=C(CC1CCOc2ccccc21)N1CC[C@@H]2CNC[C@@H]2CC1. The number of hydrogen-bond acceptors (Lipinski definition) is 3. The van der Waals surface area contributed by atoms with E-state index in [2.05, 4.69) is 16.3 Å². The third-order valence-electron chi connectivity index (χ3n) is 5.88. The second kappa shape index (κ2) is 7.75. The number of nitrogens with zero attached hydrogens (tertiary/aromatic N) is 1. The van der Waals surface area contributed by atoms with Crippen molar-refractivity contribution in [1.29, 1.82) is 0 Å². The zero-order valence-electron chi connectivity index (χ0n) is 14.1. The fourth-order valence-electron chi connectivity index (χ4n) is 4.44. The van der Waals surface area contributed by atoms with Crippen molar-refractivity contribution < 1.29 is 9.53 Å². The first-order valence-electron chi connectivity index (χ1n) is 9.01. The van der Waals surface area contributed by atoms with Gasteiger partial charge in [-0.15, -0.1) is 12.4 Å². The highest BCUT2D eigenvalue weighted by molar-refractivity contribution is 5.85. The molecular formula is C19H27ClN2O2. The van der Waals surface area contributed by atoms with E-state index in [1.54, 1.807) is 0 Å². The molecule has 2 saturated heterocycles. The predicted octanol–water partition coefficient (Wildman–Crippen LogP) is 2.82. The molecule has 0 spiro atoms. The quantitative estimate of drug-likeness (QED) is 0.891. The molecule has 1 unspecified atom stereocenters. The molecule has 1 N–H and O–H groups in total. The molecule has 0 bridgehead atoms. The van der Waals surface area contributed by atoms with E-state index in [0.29, 0.717) is 18.2 Å². The van der Waals surface area contributed by atoms with Gasteiger partial charge in [-0.2, -0.15) is 0 Å². The number of carbonyl (C=O) groups excluding carboxylic acids is 1. The van der Waals surface area contributed by atoms with E-state index in [1.807, 2.05) is 18.2 Å². The topological polar surface area (TPSA) is 41.6 Å². The smallest absolute Gasteiger partial charge is 0.223 e. The molecule has 0 saturated carbocycles. The monoisotopic (exact) mass is 350 g/mol. The average Bonchev–Trinajstić information content (AvgIpc) is 2.93. The molecule has 2 fully saturated rings. The van der Waals surface area contributed by atoms with E-state index in [-0.39, 0.29) is 12.4 Å². The largest absolute Gasteiger partial charge is 0.493 e. The van der Waals surface area contributed by atoms with E-state index >= 15 is 0 Å². The Morgan fingerprint density at radius 3 is 2.58 bits per heavy atom. The van der Waals surface area contributed by atoms with Crippen LogP contribution in [-0.4, -0.2) is 43.6 Å². The van der Waals surface area contributed by atoms with Crippen LogP contribution in [0.5, 0.6) is 5.75 Å². The molecule has 4 nitrogen and oxygen atoms in total. The molecule has 1 aromatic rings. The number of fused-ring (bicyclic) bond motifs is 2. The maximum absolute atomic E-state index is 12.8. The third kappa shape index (κ3) is 3.55. The number of halogens is 1. The average molecular weight is 351 g/mol. The molecule has 4 rings (SSSR count). The van der Waals surface area contributed by atoms with Gasteiger partial charge in [-0.3, -0.25) is 4.79 Å². The molecular weight excluding hydrogens is 324 g/mol. The fraction of sp³-hybridized carbons (Fsp3) is 0.632. The van der Waals surface area contributed by atoms with Crippen molar-refractivity contribution in [3.05, 3.63) is 29.8 Å². The maximum Gasteiger partial charge on any atom is 0.223 e. The van der Waals surface area contributed by atoms with Crippen molar-refractivity contribution in [2.75, 3.05) is 32.8 Å². The summed E-state index contributed by atoms with van der Waals surface area (Å²) in [6, 6.07) is 8.19. The number of hydrogen-bond donors (Lipinski definition) is 1. The molecule has 24 heavy (non-hydrogen) atoms. The Morgan fingerprint density at radius 2 is 1.83 bits per heavy atom. The second-order valence-corrected chi connectivity index (χ2v) is 7.21. The van der Waals surface area contributed by atoms with Crippen molar-refractivity contribution in [2.45, 2.75) is 31.6 Å². The van der Waals surface area contributed by atoms with Gasteiger partial charge in [-0.25, -0.2) is 0 Å². The number of likely N-dealkylation sites (tertiary alicyclic amines) is 1. The van der Waals surface area contributed by atoms with Gasteiger partial charge < -0.3 is 15.0 Å². The highest BCUT2D eigenvalue weighted by atomic mass is 35.5. The van der Waals surface area contributed by atoms with Crippen LogP contribution in [0.4, 0.5) is 0 Å². The number of ether oxygens (including phenoxy) is 1. The molecule has 0 aromatic heterocycles. The van der Waals surface area contributed by atoms with Crippen LogP contribution in [0.15, 0.2) is 24.3 Å². The van der Waals surface area contributed by atoms with Crippen molar-refractivity contribution in [3.63, 3.8) is 0 Å². The summed E-state index contributed by atoms with van der Waals surface area (Å²) in [4.78, 5) is 14.9. The first-order chi connectivity index (χ1) is 11.3. The van der Waals surface area contributed by atoms with E-state index < -0.39 is 0 Å². The minimum atomic E-state index is 0. The fourth-order valence-corrected chi connectivity index (χ4v) is 4.44. The van der Waals surface area contributed by atoms with Gasteiger partial charge in [0.1, 0.15) is 5.75 Å². The maximum atomic E-state index is 12.8. The van der Waals surface area contributed by atoms with E-state index in [1.165, 1.54) is 5.56 Å². The summed E-state index contributed by atoms with van der Waals surface area (Å²) in [5.74, 6) is 3.16. The van der Waals surface area contributed by atoms with Gasteiger partial charge >= 0.3 is 0 Å².